The molecule has 1 nitrogen and oxygen atoms in total. The van der Waals surface area contributed by atoms with E-state index in [-0.39, 0.29) is 0 Å². The maximum Gasteiger partial charge on any atom is 0.0928 e. The summed E-state index contributed by atoms with van der Waals surface area (Å²) in [6.45, 7) is 2.19. The fraction of sp³-hybridized carbons (Fsp3) is 0.333. The highest BCUT2D eigenvalue weighted by atomic mass is 14.9. The molecule has 2 rings (SSSR count). The molecule has 0 atom stereocenters. The number of hydrogen-bond donors (Lipinski definition) is 0. The van der Waals surface area contributed by atoms with E-state index in [2.05, 4.69) is 60.7 Å². The van der Waals surface area contributed by atoms with E-state index in [4.69, 9.17) is 0 Å². The maximum atomic E-state index is 3.25. The number of aromatic nitrogens is 1. The minimum absolute atomic E-state index is 0.998. The summed E-state index contributed by atoms with van der Waals surface area (Å²) in [5, 5.41) is 1.27. The van der Waals surface area contributed by atoms with Crippen LogP contribution in [0.4, 0.5) is 0 Å². The molecule has 0 bridgehead atoms. The smallest absolute Gasteiger partial charge is 0.0928 e. The van der Waals surface area contributed by atoms with Gasteiger partial charge in [0.15, 0.2) is 0 Å². The van der Waals surface area contributed by atoms with Crippen LogP contribution >= 0.6 is 0 Å². The van der Waals surface area contributed by atoms with Crippen molar-refractivity contribution in [2.24, 2.45) is 7.05 Å². The van der Waals surface area contributed by atoms with E-state index in [0.29, 0.717) is 0 Å². The fourth-order valence-electron chi connectivity index (χ4n) is 1.83. The minimum Gasteiger partial charge on any atom is -0.337 e. The Kier molecular flexibility index (Phi) is 3.31. The molecular formula is C15H17N. The van der Waals surface area contributed by atoms with Crippen LogP contribution in [0, 0.1) is 11.8 Å². The Hall–Kier alpha value is -1.68. The molecule has 82 valence electrons. The second-order valence-corrected chi connectivity index (χ2v) is 4.05. The molecule has 0 aliphatic carbocycles. The van der Waals surface area contributed by atoms with Crippen molar-refractivity contribution in [2.75, 3.05) is 0 Å². The number of hydrogen-bond acceptors (Lipinski definition) is 0. The lowest BCUT2D eigenvalue weighted by atomic mass is 10.2. The lowest BCUT2D eigenvalue weighted by Gasteiger charge is -1.96. The summed E-state index contributed by atoms with van der Waals surface area (Å²) in [6, 6.07) is 10.6. The van der Waals surface area contributed by atoms with Crippen LogP contribution in [0.3, 0.4) is 0 Å². The molecule has 1 heterocycles. The minimum atomic E-state index is 0.998. The van der Waals surface area contributed by atoms with Gasteiger partial charge < -0.3 is 4.57 Å². The van der Waals surface area contributed by atoms with Crippen molar-refractivity contribution in [3.05, 3.63) is 36.0 Å². The lowest BCUT2D eigenvalue weighted by molar-refractivity contribution is 0.827. The number of rotatable bonds is 2. The lowest BCUT2D eigenvalue weighted by Crippen LogP contribution is -1.90. The first-order valence-corrected chi connectivity index (χ1v) is 5.86. The van der Waals surface area contributed by atoms with Crippen molar-refractivity contribution in [1.29, 1.82) is 0 Å². The molecule has 0 spiro atoms. The third kappa shape index (κ3) is 2.12. The topological polar surface area (TPSA) is 4.93 Å². The van der Waals surface area contributed by atoms with Crippen LogP contribution in [-0.4, -0.2) is 4.57 Å². The zero-order valence-electron chi connectivity index (χ0n) is 9.96. The predicted molar refractivity (Wildman–Crippen MR) is 69.3 cm³/mol. The molecule has 0 saturated heterocycles. The molecule has 0 saturated carbocycles. The molecule has 1 heteroatoms. The second kappa shape index (κ2) is 4.90. The summed E-state index contributed by atoms with van der Waals surface area (Å²) in [4.78, 5) is 0. The van der Waals surface area contributed by atoms with E-state index < -0.39 is 0 Å². The maximum absolute atomic E-state index is 3.25. The number of aryl methyl sites for hydroxylation is 1. The van der Waals surface area contributed by atoms with Crippen molar-refractivity contribution in [1.82, 2.24) is 4.57 Å². The summed E-state index contributed by atoms with van der Waals surface area (Å²) in [7, 11) is 2.08. The first-order chi connectivity index (χ1) is 7.83. The molecular weight excluding hydrogens is 194 g/mol. The van der Waals surface area contributed by atoms with Gasteiger partial charge in [0.1, 0.15) is 0 Å². The molecule has 0 aliphatic rings. The average molecular weight is 211 g/mol. The van der Waals surface area contributed by atoms with Crippen molar-refractivity contribution in [3.8, 4) is 11.8 Å². The van der Waals surface area contributed by atoms with E-state index in [1.54, 1.807) is 0 Å². The van der Waals surface area contributed by atoms with E-state index in [1.807, 2.05) is 0 Å². The van der Waals surface area contributed by atoms with Gasteiger partial charge in [-0.2, -0.15) is 0 Å². The standard InChI is InChI=1S/C15H17N/c1-3-4-5-6-10-14-12-13-9-7-8-11-15(13)16(14)2/h7-9,11-12H,3-5H2,1-2H3. The molecule has 0 unspecified atom stereocenters. The summed E-state index contributed by atoms with van der Waals surface area (Å²) < 4.78 is 2.16. The van der Waals surface area contributed by atoms with Gasteiger partial charge in [0, 0.05) is 24.4 Å². The highest BCUT2D eigenvalue weighted by molar-refractivity contribution is 5.82. The van der Waals surface area contributed by atoms with Gasteiger partial charge in [-0.1, -0.05) is 37.5 Å². The van der Waals surface area contributed by atoms with Crippen LogP contribution in [0.25, 0.3) is 10.9 Å². The molecule has 0 amide bonds. The summed E-state index contributed by atoms with van der Waals surface area (Å²) in [5.41, 5.74) is 2.36. The van der Waals surface area contributed by atoms with Gasteiger partial charge in [0.05, 0.1) is 5.69 Å². The first kappa shape index (κ1) is 10.8. The highest BCUT2D eigenvalue weighted by Gasteiger charge is 2.01. The fourth-order valence-corrected chi connectivity index (χ4v) is 1.83. The van der Waals surface area contributed by atoms with Crippen LogP contribution in [0.15, 0.2) is 30.3 Å². The summed E-state index contributed by atoms with van der Waals surface area (Å²) in [5.74, 6) is 6.48. The van der Waals surface area contributed by atoms with Gasteiger partial charge in [0.25, 0.3) is 0 Å². The van der Waals surface area contributed by atoms with E-state index >= 15 is 0 Å². The number of benzene rings is 1. The Morgan fingerprint density at radius 2 is 2.06 bits per heavy atom. The van der Waals surface area contributed by atoms with Crippen LogP contribution in [-0.2, 0) is 7.05 Å². The Bertz CT molecular complexity index is 537. The molecule has 16 heavy (non-hydrogen) atoms. The zero-order valence-corrected chi connectivity index (χ0v) is 9.96. The quantitative estimate of drug-likeness (QED) is 0.527. The van der Waals surface area contributed by atoms with Crippen molar-refractivity contribution < 1.29 is 0 Å². The van der Waals surface area contributed by atoms with Gasteiger partial charge in [-0.15, -0.1) is 0 Å². The first-order valence-electron chi connectivity index (χ1n) is 5.86. The Balaban J connectivity index is 2.30. The third-order valence-corrected chi connectivity index (χ3v) is 2.82. The molecule has 1 aromatic heterocycles. The Morgan fingerprint density at radius 1 is 1.25 bits per heavy atom. The van der Waals surface area contributed by atoms with Crippen molar-refractivity contribution in [3.63, 3.8) is 0 Å². The number of para-hydroxylation sites is 1. The third-order valence-electron chi connectivity index (χ3n) is 2.82. The van der Waals surface area contributed by atoms with E-state index in [9.17, 15) is 0 Å². The number of nitrogens with zero attached hydrogens (tertiary/aromatic N) is 1. The molecule has 1 aromatic carbocycles. The SMILES string of the molecule is CCCCC#Cc1cc2ccccc2n1C. The van der Waals surface area contributed by atoms with Gasteiger partial charge in [-0.05, 0) is 24.5 Å². The molecule has 0 fully saturated rings. The van der Waals surface area contributed by atoms with Crippen LogP contribution < -0.4 is 0 Å². The predicted octanol–water partition coefficient (Wildman–Crippen LogP) is 3.72. The number of fused-ring (bicyclic) bond motifs is 1. The van der Waals surface area contributed by atoms with Gasteiger partial charge >= 0.3 is 0 Å². The monoisotopic (exact) mass is 211 g/mol. The average Bonchev–Trinajstić information content (AvgIpc) is 2.63. The van der Waals surface area contributed by atoms with Crippen molar-refractivity contribution >= 4 is 10.9 Å². The Labute approximate surface area is 97.1 Å². The summed E-state index contributed by atoms with van der Waals surface area (Å²) in [6.07, 6.45) is 3.40. The van der Waals surface area contributed by atoms with Crippen molar-refractivity contribution in [2.45, 2.75) is 26.2 Å². The summed E-state index contributed by atoms with van der Waals surface area (Å²) >= 11 is 0. The molecule has 2 aromatic rings. The van der Waals surface area contributed by atoms with E-state index in [0.717, 1.165) is 12.1 Å². The largest absolute Gasteiger partial charge is 0.337 e. The number of unbranched alkanes of at least 4 members (excludes halogenated alkanes) is 2. The van der Waals surface area contributed by atoms with Crippen LogP contribution in [0.5, 0.6) is 0 Å². The van der Waals surface area contributed by atoms with Crippen LogP contribution in [0.1, 0.15) is 31.9 Å². The Morgan fingerprint density at radius 3 is 2.81 bits per heavy atom. The highest BCUT2D eigenvalue weighted by Crippen LogP contribution is 2.17. The van der Waals surface area contributed by atoms with Gasteiger partial charge in [-0.3, -0.25) is 0 Å². The molecule has 0 radical (unpaired) electrons. The van der Waals surface area contributed by atoms with Gasteiger partial charge in [0.2, 0.25) is 0 Å². The van der Waals surface area contributed by atoms with Gasteiger partial charge in [-0.25, -0.2) is 0 Å². The zero-order chi connectivity index (χ0) is 11.4. The molecule has 0 N–H and O–H groups in total. The normalized spacial score (nSPS) is 10.1. The second-order valence-electron chi connectivity index (χ2n) is 4.05. The van der Waals surface area contributed by atoms with E-state index in [1.165, 1.54) is 23.7 Å². The molecule has 0 aliphatic heterocycles. The van der Waals surface area contributed by atoms with Crippen LogP contribution in [0.2, 0.25) is 0 Å².